The highest BCUT2D eigenvalue weighted by atomic mass is 16.5. The maximum absolute atomic E-state index is 8.99. The fraction of sp³-hybridized carbons (Fsp3) is 0.308. The average molecular weight is 232 g/mol. The Morgan fingerprint density at radius 3 is 2.94 bits per heavy atom. The molecule has 0 atom stereocenters. The van der Waals surface area contributed by atoms with Crippen molar-refractivity contribution in [3.63, 3.8) is 0 Å². The SMILES string of the molecule is CCn1ccnc1Oc1ccccc1CCO. The number of aryl methyl sites for hydroxylation is 1. The first-order valence-corrected chi connectivity index (χ1v) is 5.73. The predicted molar refractivity (Wildman–Crippen MR) is 65.2 cm³/mol. The van der Waals surface area contributed by atoms with Crippen LogP contribution in [0, 0.1) is 0 Å². The Bertz CT molecular complexity index is 480. The minimum Gasteiger partial charge on any atom is -0.425 e. The van der Waals surface area contributed by atoms with E-state index in [4.69, 9.17) is 9.84 Å². The molecule has 0 saturated heterocycles. The molecule has 0 amide bonds. The summed E-state index contributed by atoms with van der Waals surface area (Å²) in [6.07, 6.45) is 4.18. The Morgan fingerprint density at radius 1 is 1.35 bits per heavy atom. The molecule has 17 heavy (non-hydrogen) atoms. The van der Waals surface area contributed by atoms with Gasteiger partial charge in [-0.1, -0.05) is 18.2 Å². The Labute approximate surface area is 100 Å². The third kappa shape index (κ3) is 2.65. The minimum absolute atomic E-state index is 0.114. The number of aliphatic hydroxyl groups is 1. The van der Waals surface area contributed by atoms with E-state index in [0.717, 1.165) is 17.9 Å². The molecule has 0 aliphatic rings. The van der Waals surface area contributed by atoms with Crippen molar-refractivity contribution in [2.24, 2.45) is 0 Å². The summed E-state index contributed by atoms with van der Waals surface area (Å²) < 4.78 is 7.69. The first kappa shape index (κ1) is 11.7. The summed E-state index contributed by atoms with van der Waals surface area (Å²) in [5.74, 6) is 0.752. The second kappa shape index (κ2) is 5.50. The minimum atomic E-state index is 0.114. The van der Waals surface area contributed by atoms with Crippen LogP contribution < -0.4 is 4.74 Å². The number of imidazole rings is 1. The van der Waals surface area contributed by atoms with Gasteiger partial charge in [0.05, 0.1) is 0 Å². The smallest absolute Gasteiger partial charge is 0.301 e. The number of hydrogen-bond acceptors (Lipinski definition) is 3. The molecule has 0 radical (unpaired) electrons. The van der Waals surface area contributed by atoms with Crippen molar-refractivity contribution in [1.29, 1.82) is 0 Å². The van der Waals surface area contributed by atoms with Crippen LogP contribution in [0.25, 0.3) is 0 Å². The predicted octanol–water partition coefficient (Wildman–Crippen LogP) is 2.23. The fourth-order valence-electron chi connectivity index (χ4n) is 1.67. The van der Waals surface area contributed by atoms with Gasteiger partial charge in [-0.15, -0.1) is 0 Å². The van der Waals surface area contributed by atoms with Gasteiger partial charge in [-0.2, -0.15) is 0 Å². The number of aliphatic hydroxyl groups excluding tert-OH is 1. The summed E-state index contributed by atoms with van der Waals surface area (Å²) in [5, 5.41) is 8.99. The Morgan fingerprint density at radius 2 is 2.18 bits per heavy atom. The maximum Gasteiger partial charge on any atom is 0.301 e. The molecule has 90 valence electrons. The van der Waals surface area contributed by atoms with E-state index in [1.807, 2.05) is 42.0 Å². The van der Waals surface area contributed by atoms with E-state index < -0.39 is 0 Å². The van der Waals surface area contributed by atoms with Gasteiger partial charge in [0.2, 0.25) is 0 Å². The second-order valence-electron chi connectivity index (χ2n) is 3.68. The first-order chi connectivity index (χ1) is 8.35. The standard InChI is InChI=1S/C13H16N2O2/c1-2-15-9-8-14-13(15)17-12-6-4-3-5-11(12)7-10-16/h3-6,8-9,16H,2,7,10H2,1H3. The number of aromatic nitrogens is 2. The average Bonchev–Trinajstić information content (AvgIpc) is 2.79. The monoisotopic (exact) mass is 232 g/mol. The molecule has 2 rings (SSSR count). The van der Waals surface area contributed by atoms with E-state index in [9.17, 15) is 0 Å². The summed E-state index contributed by atoms with van der Waals surface area (Å²) in [5.41, 5.74) is 0.987. The van der Waals surface area contributed by atoms with Crippen molar-refractivity contribution in [3.8, 4) is 11.8 Å². The van der Waals surface area contributed by atoms with E-state index in [2.05, 4.69) is 4.98 Å². The lowest BCUT2D eigenvalue weighted by Gasteiger charge is -2.10. The van der Waals surface area contributed by atoms with Crippen LogP contribution in [0.1, 0.15) is 12.5 Å². The highest BCUT2D eigenvalue weighted by Crippen LogP contribution is 2.24. The van der Waals surface area contributed by atoms with Gasteiger partial charge in [-0.05, 0) is 25.0 Å². The lowest BCUT2D eigenvalue weighted by Crippen LogP contribution is -2.00. The third-order valence-corrected chi connectivity index (χ3v) is 2.57. The number of nitrogens with zero attached hydrogens (tertiary/aromatic N) is 2. The molecule has 0 spiro atoms. The van der Waals surface area contributed by atoms with Crippen LogP contribution in [-0.2, 0) is 13.0 Å². The molecule has 0 aliphatic heterocycles. The van der Waals surface area contributed by atoms with Crippen LogP contribution in [0.5, 0.6) is 11.8 Å². The molecule has 0 aliphatic carbocycles. The highest BCUT2D eigenvalue weighted by molar-refractivity contribution is 5.35. The number of rotatable bonds is 5. The van der Waals surface area contributed by atoms with Crippen LogP contribution >= 0.6 is 0 Å². The first-order valence-electron chi connectivity index (χ1n) is 5.73. The lowest BCUT2D eigenvalue weighted by atomic mass is 10.1. The van der Waals surface area contributed by atoms with E-state index in [1.54, 1.807) is 6.20 Å². The summed E-state index contributed by atoms with van der Waals surface area (Å²) in [7, 11) is 0. The van der Waals surface area contributed by atoms with E-state index in [1.165, 1.54) is 0 Å². The quantitative estimate of drug-likeness (QED) is 0.860. The van der Waals surface area contributed by atoms with Gasteiger partial charge >= 0.3 is 6.01 Å². The second-order valence-corrected chi connectivity index (χ2v) is 3.68. The van der Waals surface area contributed by atoms with Crippen molar-refractivity contribution in [2.75, 3.05) is 6.61 Å². The number of benzene rings is 1. The lowest BCUT2D eigenvalue weighted by molar-refractivity contribution is 0.297. The fourth-order valence-corrected chi connectivity index (χ4v) is 1.67. The Hall–Kier alpha value is -1.81. The van der Waals surface area contributed by atoms with Crippen molar-refractivity contribution in [2.45, 2.75) is 19.9 Å². The summed E-state index contributed by atoms with van der Waals surface area (Å²) in [4.78, 5) is 4.16. The van der Waals surface area contributed by atoms with Gasteiger partial charge in [0.1, 0.15) is 5.75 Å². The molecule has 0 fully saturated rings. The topological polar surface area (TPSA) is 47.3 Å². The number of para-hydroxylation sites is 1. The molecule has 0 unspecified atom stereocenters. The summed E-state index contributed by atoms with van der Waals surface area (Å²) in [6, 6.07) is 8.27. The van der Waals surface area contributed by atoms with Gasteiger partial charge < -0.3 is 14.4 Å². The van der Waals surface area contributed by atoms with E-state index >= 15 is 0 Å². The van der Waals surface area contributed by atoms with Crippen LogP contribution in [0.4, 0.5) is 0 Å². The molecule has 1 aromatic carbocycles. The van der Waals surface area contributed by atoms with Gasteiger partial charge in [0.15, 0.2) is 0 Å². The van der Waals surface area contributed by atoms with E-state index in [-0.39, 0.29) is 6.61 Å². The van der Waals surface area contributed by atoms with Gasteiger partial charge in [-0.25, -0.2) is 4.98 Å². The zero-order chi connectivity index (χ0) is 12.1. The molecule has 2 aromatic rings. The molecular weight excluding hydrogens is 216 g/mol. The molecule has 4 nitrogen and oxygen atoms in total. The van der Waals surface area contributed by atoms with Crippen LogP contribution in [0.15, 0.2) is 36.7 Å². The van der Waals surface area contributed by atoms with Gasteiger partial charge in [0, 0.05) is 25.5 Å². The van der Waals surface area contributed by atoms with E-state index in [0.29, 0.717) is 12.4 Å². The Kier molecular flexibility index (Phi) is 3.77. The molecule has 1 aromatic heterocycles. The Balaban J connectivity index is 2.23. The molecule has 0 bridgehead atoms. The normalized spacial score (nSPS) is 10.5. The van der Waals surface area contributed by atoms with Gasteiger partial charge in [0.25, 0.3) is 0 Å². The summed E-state index contributed by atoms with van der Waals surface area (Å²) >= 11 is 0. The molecule has 1 heterocycles. The number of hydrogen-bond donors (Lipinski definition) is 1. The number of ether oxygens (including phenoxy) is 1. The van der Waals surface area contributed by atoms with Crippen LogP contribution in [0.3, 0.4) is 0 Å². The largest absolute Gasteiger partial charge is 0.425 e. The zero-order valence-electron chi connectivity index (χ0n) is 9.84. The zero-order valence-corrected chi connectivity index (χ0v) is 9.84. The van der Waals surface area contributed by atoms with Crippen molar-refractivity contribution in [1.82, 2.24) is 9.55 Å². The third-order valence-electron chi connectivity index (χ3n) is 2.57. The maximum atomic E-state index is 8.99. The van der Waals surface area contributed by atoms with Crippen molar-refractivity contribution >= 4 is 0 Å². The molecule has 1 N–H and O–H groups in total. The van der Waals surface area contributed by atoms with Crippen LogP contribution in [-0.4, -0.2) is 21.3 Å². The van der Waals surface area contributed by atoms with Crippen molar-refractivity contribution in [3.05, 3.63) is 42.2 Å². The molecule has 4 heteroatoms. The summed E-state index contributed by atoms with van der Waals surface area (Å²) in [6.45, 7) is 2.97. The van der Waals surface area contributed by atoms with Crippen molar-refractivity contribution < 1.29 is 9.84 Å². The molecule has 0 saturated carbocycles. The molecular formula is C13H16N2O2. The van der Waals surface area contributed by atoms with Crippen LogP contribution in [0.2, 0.25) is 0 Å². The van der Waals surface area contributed by atoms with Gasteiger partial charge in [-0.3, -0.25) is 0 Å². The highest BCUT2D eigenvalue weighted by Gasteiger charge is 2.07.